The Morgan fingerprint density at radius 3 is 2.58 bits per heavy atom. The third-order valence-electron chi connectivity index (χ3n) is 2.85. The normalized spacial score (nSPS) is 10.9. The van der Waals surface area contributed by atoms with Crippen molar-refractivity contribution in [3.8, 4) is 0 Å². The molecule has 0 aliphatic rings. The molecule has 2 heterocycles. The molecule has 0 fully saturated rings. The van der Waals surface area contributed by atoms with E-state index in [1.54, 1.807) is 22.7 Å². The molecule has 0 aromatic carbocycles. The van der Waals surface area contributed by atoms with Crippen molar-refractivity contribution in [1.29, 1.82) is 0 Å². The Balaban J connectivity index is 2.28. The van der Waals surface area contributed by atoms with E-state index >= 15 is 0 Å². The van der Waals surface area contributed by atoms with E-state index in [1.165, 1.54) is 4.90 Å². The fourth-order valence-electron chi connectivity index (χ4n) is 1.98. The number of aryl methyl sites for hydroxylation is 1. The maximum atomic E-state index is 12.2. The van der Waals surface area contributed by atoms with Crippen LogP contribution in [0.3, 0.4) is 0 Å². The monoisotopic (exact) mass is 263 g/mol. The van der Waals surface area contributed by atoms with E-state index in [0.29, 0.717) is 5.56 Å². The molecule has 2 N–H and O–H groups in total. The molecule has 0 bridgehead atoms. The quantitative estimate of drug-likeness (QED) is 0.800. The third-order valence-corrected chi connectivity index (χ3v) is 2.85. The summed E-state index contributed by atoms with van der Waals surface area (Å²) in [6.45, 7) is 2.05. The summed E-state index contributed by atoms with van der Waals surface area (Å²) in [5.74, 6) is -0.212. The van der Waals surface area contributed by atoms with Gasteiger partial charge in [-0.3, -0.25) is 4.79 Å². The summed E-state index contributed by atoms with van der Waals surface area (Å²) in [5, 5.41) is 17.9. The van der Waals surface area contributed by atoms with Crippen LogP contribution in [0.2, 0.25) is 0 Å². The van der Waals surface area contributed by atoms with Crippen LogP contribution in [0.5, 0.6) is 0 Å². The summed E-state index contributed by atoms with van der Waals surface area (Å²) >= 11 is 0. The summed E-state index contributed by atoms with van der Waals surface area (Å²) in [6.07, 6.45) is 3.55. The second-order valence-corrected chi connectivity index (χ2v) is 4.30. The van der Waals surface area contributed by atoms with Crippen LogP contribution < -0.4 is 0 Å². The number of amides is 1. The Hall–Kier alpha value is -1.92. The molecule has 2 aromatic rings. The largest absolute Gasteiger partial charge is 0.395 e. The highest BCUT2D eigenvalue weighted by molar-refractivity contribution is 5.94. The van der Waals surface area contributed by atoms with Gasteiger partial charge in [0.1, 0.15) is 5.65 Å². The van der Waals surface area contributed by atoms with Crippen LogP contribution in [0.1, 0.15) is 16.1 Å². The van der Waals surface area contributed by atoms with Crippen molar-refractivity contribution in [3.63, 3.8) is 0 Å². The molecule has 0 aliphatic heterocycles. The van der Waals surface area contributed by atoms with Crippen LogP contribution in [0, 0.1) is 6.92 Å². The van der Waals surface area contributed by atoms with E-state index in [2.05, 4.69) is 4.98 Å². The minimum Gasteiger partial charge on any atom is -0.395 e. The maximum absolute atomic E-state index is 12.2. The highest BCUT2D eigenvalue weighted by atomic mass is 16.3. The summed E-state index contributed by atoms with van der Waals surface area (Å²) in [4.78, 5) is 18.0. The van der Waals surface area contributed by atoms with E-state index in [-0.39, 0.29) is 32.2 Å². The number of carbonyl (C=O) groups excluding carboxylic acids is 1. The standard InChI is InChI=1S/C13H17N3O3/c1-10-8-16-9-11(2-3-12(16)14-10)13(19)15(4-6-17)5-7-18/h2-3,8-9,17-18H,4-7H2,1H3. The summed E-state index contributed by atoms with van der Waals surface area (Å²) in [7, 11) is 0. The molecule has 0 radical (unpaired) electrons. The SMILES string of the molecule is Cc1cn2cc(C(=O)N(CCO)CCO)ccc2n1. The molecule has 0 saturated carbocycles. The van der Waals surface area contributed by atoms with Crippen LogP contribution in [0.15, 0.2) is 24.5 Å². The van der Waals surface area contributed by atoms with Gasteiger partial charge in [0.2, 0.25) is 0 Å². The molecule has 102 valence electrons. The average molecular weight is 263 g/mol. The van der Waals surface area contributed by atoms with Gasteiger partial charge in [-0.25, -0.2) is 4.98 Å². The molecule has 19 heavy (non-hydrogen) atoms. The van der Waals surface area contributed by atoms with E-state index in [1.807, 2.05) is 13.1 Å². The van der Waals surface area contributed by atoms with E-state index in [4.69, 9.17) is 10.2 Å². The minimum atomic E-state index is -0.212. The molecule has 0 spiro atoms. The zero-order valence-electron chi connectivity index (χ0n) is 10.8. The fraction of sp³-hybridized carbons (Fsp3) is 0.385. The average Bonchev–Trinajstić information content (AvgIpc) is 2.76. The van der Waals surface area contributed by atoms with Gasteiger partial charge < -0.3 is 19.5 Å². The molecule has 6 heteroatoms. The summed E-state index contributed by atoms with van der Waals surface area (Å²) < 4.78 is 1.79. The highest BCUT2D eigenvalue weighted by Gasteiger charge is 2.15. The second-order valence-electron chi connectivity index (χ2n) is 4.30. The van der Waals surface area contributed by atoms with Crippen molar-refractivity contribution in [2.24, 2.45) is 0 Å². The summed E-state index contributed by atoms with van der Waals surface area (Å²) in [6, 6.07) is 3.47. The van der Waals surface area contributed by atoms with Gasteiger partial charge in [-0.15, -0.1) is 0 Å². The maximum Gasteiger partial charge on any atom is 0.255 e. The molecule has 1 amide bonds. The Labute approximate surface area is 110 Å². The first-order chi connectivity index (χ1) is 9.15. The molecule has 0 atom stereocenters. The Morgan fingerprint density at radius 1 is 1.26 bits per heavy atom. The number of pyridine rings is 1. The number of aromatic nitrogens is 2. The first-order valence-electron chi connectivity index (χ1n) is 6.12. The molecule has 6 nitrogen and oxygen atoms in total. The molecule has 0 unspecified atom stereocenters. The van der Waals surface area contributed by atoms with Crippen molar-refractivity contribution in [1.82, 2.24) is 14.3 Å². The number of hydrogen-bond acceptors (Lipinski definition) is 4. The molecule has 0 saturated heterocycles. The van der Waals surface area contributed by atoms with Crippen LogP contribution in [0.4, 0.5) is 0 Å². The van der Waals surface area contributed by atoms with Crippen molar-refractivity contribution >= 4 is 11.6 Å². The number of aliphatic hydroxyl groups excluding tert-OH is 2. The predicted octanol–water partition coefficient (Wildman–Crippen LogP) is 0.0695. The first-order valence-corrected chi connectivity index (χ1v) is 6.12. The number of carbonyl (C=O) groups is 1. The zero-order chi connectivity index (χ0) is 13.8. The molecule has 2 rings (SSSR count). The van der Waals surface area contributed by atoms with Crippen molar-refractivity contribution < 1.29 is 15.0 Å². The number of nitrogens with zero attached hydrogens (tertiary/aromatic N) is 3. The number of rotatable bonds is 5. The van der Waals surface area contributed by atoms with E-state index < -0.39 is 0 Å². The number of hydrogen-bond donors (Lipinski definition) is 2. The van der Waals surface area contributed by atoms with Gasteiger partial charge in [0, 0.05) is 25.5 Å². The zero-order valence-corrected chi connectivity index (χ0v) is 10.8. The Kier molecular flexibility index (Phi) is 4.13. The summed E-state index contributed by atoms with van der Waals surface area (Å²) in [5.41, 5.74) is 2.17. The van der Waals surface area contributed by atoms with Crippen molar-refractivity contribution in [2.75, 3.05) is 26.3 Å². The Bertz CT molecular complexity index is 574. The van der Waals surface area contributed by atoms with Gasteiger partial charge in [-0.2, -0.15) is 0 Å². The lowest BCUT2D eigenvalue weighted by Gasteiger charge is -2.20. The smallest absolute Gasteiger partial charge is 0.255 e. The third kappa shape index (κ3) is 2.91. The van der Waals surface area contributed by atoms with Gasteiger partial charge in [-0.1, -0.05) is 0 Å². The number of imidazole rings is 1. The van der Waals surface area contributed by atoms with Crippen molar-refractivity contribution in [2.45, 2.75) is 6.92 Å². The highest BCUT2D eigenvalue weighted by Crippen LogP contribution is 2.09. The van der Waals surface area contributed by atoms with Gasteiger partial charge in [0.25, 0.3) is 5.91 Å². The lowest BCUT2D eigenvalue weighted by Crippen LogP contribution is -2.35. The fourth-order valence-corrected chi connectivity index (χ4v) is 1.98. The molecular weight excluding hydrogens is 246 g/mol. The Morgan fingerprint density at radius 2 is 1.95 bits per heavy atom. The lowest BCUT2D eigenvalue weighted by atomic mass is 10.2. The van der Waals surface area contributed by atoms with Crippen LogP contribution in [-0.2, 0) is 0 Å². The van der Waals surface area contributed by atoms with Crippen LogP contribution in [0.25, 0.3) is 5.65 Å². The molecular formula is C13H17N3O3. The topological polar surface area (TPSA) is 78.1 Å². The predicted molar refractivity (Wildman–Crippen MR) is 70.0 cm³/mol. The minimum absolute atomic E-state index is 0.127. The van der Waals surface area contributed by atoms with E-state index in [9.17, 15) is 4.79 Å². The lowest BCUT2D eigenvalue weighted by molar-refractivity contribution is 0.0684. The van der Waals surface area contributed by atoms with E-state index in [0.717, 1.165) is 11.3 Å². The van der Waals surface area contributed by atoms with Gasteiger partial charge >= 0.3 is 0 Å². The number of aliphatic hydroxyl groups is 2. The van der Waals surface area contributed by atoms with Gasteiger partial charge in [0.05, 0.1) is 24.5 Å². The van der Waals surface area contributed by atoms with Crippen molar-refractivity contribution in [3.05, 3.63) is 35.8 Å². The molecule has 2 aromatic heterocycles. The second kappa shape index (κ2) is 5.81. The van der Waals surface area contributed by atoms with Crippen LogP contribution >= 0.6 is 0 Å². The first kappa shape index (κ1) is 13.5. The van der Waals surface area contributed by atoms with Gasteiger partial charge in [0.15, 0.2) is 0 Å². The van der Waals surface area contributed by atoms with Gasteiger partial charge in [-0.05, 0) is 19.1 Å². The number of fused-ring (bicyclic) bond motifs is 1. The molecule has 0 aliphatic carbocycles. The van der Waals surface area contributed by atoms with Crippen LogP contribution in [-0.4, -0.2) is 56.7 Å².